The molecule has 0 radical (unpaired) electrons. The summed E-state index contributed by atoms with van der Waals surface area (Å²) in [6.07, 6.45) is 5.25. The highest BCUT2D eigenvalue weighted by Crippen LogP contribution is 2.47. The van der Waals surface area contributed by atoms with Gasteiger partial charge in [-0.3, -0.25) is 0 Å². The van der Waals surface area contributed by atoms with E-state index >= 15 is 0 Å². The minimum absolute atomic E-state index is 0.230. The van der Waals surface area contributed by atoms with Crippen LogP contribution in [0.1, 0.15) is 25.7 Å². The molecule has 2 saturated carbocycles. The first kappa shape index (κ1) is 12.5. The molecule has 0 aromatic heterocycles. The minimum atomic E-state index is -0.405. The van der Waals surface area contributed by atoms with Crippen molar-refractivity contribution in [2.24, 2.45) is 17.8 Å². The Hall–Kier alpha value is -1.58. The van der Waals surface area contributed by atoms with Gasteiger partial charge in [0.05, 0.1) is 5.69 Å². The fourth-order valence-electron chi connectivity index (χ4n) is 3.58. The highest BCUT2D eigenvalue weighted by atomic mass is 19.1. The lowest BCUT2D eigenvalue weighted by Gasteiger charge is -2.21. The Balaban J connectivity index is 1.48. The van der Waals surface area contributed by atoms with Gasteiger partial charge in [0.1, 0.15) is 5.82 Å². The zero-order valence-corrected chi connectivity index (χ0v) is 10.9. The molecule has 0 saturated heterocycles. The molecule has 2 aliphatic carbocycles. The summed E-state index contributed by atoms with van der Waals surface area (Å²) in [7, 11) is 0. The molecule has 2 N–H and O–H groups in total. The van der Waals surface area contributed by atoms with Gasteiger partial charge in [0.15, 0.2) is 0 Å². The van der Waals surface area contributed by atoms with Gasteiger partial charge in [-0.2, -0.15) is 0 Å². The van der Waals surface area contributed by atoms with E-state index < -0.39 is 5.82 Å². The maximum atomic E-state index is 13.4. The predicted octanol–water partition coefficient (Wildman–Crippen LogP) is 3.38. The summed E-state index contributed by atoms with van der Waals surface area (Å²) >= 11 is 0. The van der Waals surface area contributed by atoms with E-state index in [2.05, 4.69) is 10.6 Å². The van der Waals surface area contributed by atoms with E-state index in [9.17, 15) is 9.18 Å². The second-order valence-corrected chi connectivity index (χ2v) is 5.75. The molecule has 3 atom stereocenters. The van der Waals surface area contributed by atoms with Crippen LogP contribution < -0.4 is 10.6 Å². The number of nitrogens with one attached hydrogen (secondary N) is 2. The summed E-state index contributed by atoms with van der Waals surface area (Å²) in [4.78, 5) is 11.7. The third-order valence-corrected chi connectivity index (χ3v) is 4.53. The molecular weight excluding hydrogens is 243 g/mol. The number of hydrogen-bond donors (Lipinski definition) is 2. The average molecular weight is 262 g/mol. The number of anilines is 1. The van der Waals surface area contributed by atoms with Crippen LogP contribution in [0.4, 0.5) is 14.9 Å². The third-order valence-electron chi connectivity index (χ3n) is 4.53. The molecule has 3 rings (SSSR count). The fraction of sp³-hybridized carbons (Fsp3) is 0.533. The van der Waals surface area contributed by atoms with Crippen LogP contribution in [-0.4, -0.2) is 12.6 Å². The number of halogens is 1. The number of carbonyl (C=O) groups is 1. The van der Waals surface area contributed by atoms with Gasteiger partial charge in [-0.25, -0.2) is 9.18 Å². The monoisotopic (exact) mass is 262 g/mol. The van der Waals surface area contributed by atoms with Crippen LogP contribution in [-0.2, 0) is 0 Å². The highest BCUT2D eigenvalue weighted by Gasteiger charge is 2.39. The van der Waals surface area contributed by atoms with E-state index in [1.165, 1.54) is 31.7 Å². The Kier molecular flexibility index (Phi) is 3.40. The Morgan fingerprint density at radius 1 is 1.26 bits per heavy atom. The molecule has 2 bridgehead atoms. The molecule has 2 aliphatic rings. The van der Waals surface area contributed by atoms with Crippen molar-refractivity contribution < 1.29 is 9.18 Å². The lowest BCUT2D eigenvalue weighted by atomic mass is 9.89. The van der Waals surface area contributed by atoms with Crippen LogP contribution in [0.5, 0.6) is 0 Å². The number of rotatable bonds is 3. The molecule has 0 unspecified atom stereocenters. The second-order valence-electron chi connectivity index (χ2n) is 5.75. The van der Waals surface area contributed by atoms with Gasteiger partial charge < -0.3 is 10.6 Å². The van der Waals surface area contributed by atoms with Gasteiger partial charge in [-0.05, 0) is 49.1 Å². The maximum absolute atomic E-state index is 13.4. The predicted molar refractivity (Wildman–Crippen MR) is 72.4 cm³/mol. The van der Waals surface area contributed by atoms with Crippen molar-refractivity contribution >= 4 is 11.7 Å². The minimum Gasteiger partial charge on any atom is -0.338 e. The second kappa shape index (κ2) is 5.19. The number of benzene rings is 1. The first-order valence-corrected chi connectivity index (χ1v) is 7.02. The molecule has 0 heterocycles. The zero-order valence-electron chi connectivity index (χ0n) is 10.9. The topological polar surface area (TPSA) is 41.1 Å². The van der Waals surface area contributed by atoms with Crippen molar-refractivity contribution in [1.29, 1.82) is 0 Å². The quantitative estimate of drug-likeness (QED) is 0.861. The van der Waals surface area contributed by atoms with E-state index in [-0.39, 0.29) is 11.7 Å². The lowest BCUT2D eigenvalue weighted by molar-refractivity contribution is 0.245. The van der Waals surface area contributed by atoms with Crippen molar-refractivity contribution in [3.05, 3.63) is 30.1 Å². The molecule has 1 aromatic carbocycles. The van der Waals surface area contributed by atoms with Crippen molar-refractivity contribution in [2.45, 2.75) is 25.7 Å². The summed E-state index contributed by atoms with van der Waals surface area (Å²) in [5.74, 6) is 1.88. The smallest absolute Gasteiger partial charge is 0.319 e. The Bertz CT molecular complexity index is 477. The maximum Gasteiger partial charge on any atom is 0.319 e. The summed E-state index contributed by atoms with van der Waals surface area (Å²) in [5, 5.41) is 5.42. The van der Waals surface area contributed by atoms with Gasteiger partial charge >= 0.3 is 6.03 Å². The third kappa shape index (κ3) is 2.72. The molecule has 3 nitrogen and oxygen atoms in total. The number of fused-ring (bicyclic) bond motifs is 2. The number of hydrogen-bond acceptors (Lipinski definition) is 1. The number of urea groups is 1. The zero-order chi connectivity index (χ0) is 13.2. The number of para-hydroxylation sites is 1. The summed E-state index contributed by atoms with van der Waals surface area (Å²) in [6, 6.07) is 5.90. The molecule has 0 aliphatic heterocycles. The fourth-order valence-corrected chi connectivity index (χ4v) is 3.58. The summed E-state index contributed by atoms with van der Waals surface area (Å²) in [6.45, 7) is 0.710. The normalized spacial score (nSPS) is 28.4. The molecule has 1 aromatic rings. The van der Waals surface area contributed by atoms with Crippen LogP contribution in [0.25, 0.3) is 0 Å². The Labute approximate surface area is 112 Å². The summed E-state index contributed by atoms with van der Waals surface area (Å²) < 4.78 is 13.4. The van der Waals surface area contributed by atoms with E-state index in [1.807, 2.05) is 0 Å². The van der Waals surface area contributed by atoms with Gasteiger partial charge in [0, 0.05) is 6.54 Å². The standard InChI is InChI=1S/C15H19FN2O/c16-13-3-1-2-4-14(13)18-15(19)17-9-12-8-10-5-6-11(12)7-10/h1-4,10-12H,5-9H2,(H2,17,18,19)/t10-,11-,12-/m0/s1. The molecule has 0 spiro atoms. The average Bonchev–Trinajstić information content (AvgIpc) is 3.01. The van der Waals surface area contributed by atoms with Gasteiger partial charge in [0.25, 0.3) is 0 Å². The van der Waals surface area contributed by atoms with Gasteiger partial charge in [-0.15, -0.1) is 0 Å². The van der Waals surface area contributed by atoms with E-state index in [1.54, 1.807) is 18.2 Å². The van der Waals surface area contributed by atoms with Crippen molar-refractivity contribution in [2.75, 3.05) is 11.9 Å². The van der Waals surface area contributed by atoms with Crippen molar-refractivity contribution in [1.82, 2.24) is 5.32 Å². The molecule has 2 amide bonds. The lowest BCUT2D eigenvalue weighted by Crippen LogP contribution is -2.34. The van der Waals surface area contributed by atoms with Crippen LogP contribution >= 0.6 is 0 Å². The Morgan fingerprint density at radius 3 is 2.79 bits per heavy atom. The van der Waals surface area contributed by atoms with Crippen molar-refractivity contribution in [3.8, 4) is 0 Å². The van der Waals surface area contributed by atoms with E-state index in [0.29, 0.717) is 12.5 Å². The number of amides is 2. The van der Waals surface area contributed by atoms with E-state index in [0.717, 1.165) is 11.8 Å². The Morgan fingerprint density at radius 2 is 2.11 bits per heavy atom. The molecule has 19 heavy (non-hydrogen) atoms. The molecule has 102 valence electrons. The highest BCUT2D eigenvalue weighted by molar-refractivity contribution is 5.89. The first-order valence-electron chi connectivity index (χ1n) is 7.02. The van der Waals surface area contributed by atoms with Crippen molar-refractivity contribution in [3.63, 3.8) is 0 Å². The van der Waals surface area contributed by atoms with Crippen LogP contribution in [0.2, 0.25) is 0 Å². The SMILES string of the molecule is O=C(NC[C@@H]1C[C@H]2CC[C@H]1C2)Nc1ccccc1F. The number of carbonyl (C=O) groups excluding carboxylic acids is 1. The van der Waals surface area contributed by atoms with Gasteiger partial charge in [0.2, 0.25) is 0 Å². The molecule has 2 fully saturated rings. The summed E-state index contributed by atoms with van der Waals surface area (Å²) in [5.41, 5.74) is 0.230. The van der Waals surface area contributed by atoms with Crippen LogP contribution in [0.15, 0.2) is 24.3 Å². The first-order chi connectivity index (χ1) is 9.22. The van der Waals surface area contributed by atoms with Gasteiger partial charge in [-0.1, -0.05) is 18.6 Å². The van der Waals surface area contributed by atoms with E-state index in [4.69, 9.17) is 0 Å². The van der Waals surface area contributed by atoms with Crippen LogP contribution in [0, 0.1) is 23.6 Å². The molecule has 4 heteroatoms. The van der Waals surface area contributed by atoms with Crippen LogP contribution in [0.3, 0.4) is 0 Å². The largest absolute Gasteiger partial charge is 0.338 e. The molecular formula is C15H19FN2O.